The zero-order chi connectivity index (χ0) is 12.3. The van der Waals surface area contributed by atoms with Crippen molar-refractivity contribution in [3.63, 3.8) is 0 Å². The second-order valence-corrected chi connectivity index (χ2v) is 3.93. The normalized spacial score (nSPS) is 12.2. The lowest BCUT2D eigenvalue weighted by Crippen LogP contribution is -2.07. The molecule has 88 valence electrons. The van der Waals surface area contributed by atoms with E-state index < -0.39 is 11.6 Å². The fraction of sp³-hybridized carbons (Fsp3) is 0.143. The van der Waals surface area contributed by atoms with Crippen molar-refractivity contribution in [2.75, 3.05) is 5.32 Å². The highest BCUT2D eigenvalue weighted by molar-refractivity contribution is 5.44. The summed E-state index contributed by atoms with van der Waals surface area (Å²) in [4.78, 5) is 0. The molecule has 0 radical (unpaired) electrons. The third-order valence-electron chi connectivity index (χ3n) is 2.54. The van der Waals surface area contributed by atoms with Gasteiger partial charge in [0.15, 0.2) is 0 Å². The molecule has 1 N–H and O–H groups in total. The molecule has 0 spiro atoms. The Morgan fingerprint density at radius 1 is 0.941 bits per heavy atom. The molecule has 17 heavy (non-hydrogen) atoms. The van der Waals surface area contributed by atoms with Crippen LogP contribution >= 0.6 is 0 Å². The molecule has 0 aromatic heterocycles. The molecule has 0 aliphatic rings. The van der Waals surface area contributed by atoms with Gasteiger partial charge in [-0.2, -0.15) is 0 Å². The van der Waals surface area contributed by atoms with Gasteiger partial charge in [0.05, 0.1) is 0 Å². The Morgan fingerprint density at radius 2 is 1.53 bits per heavy atom. The molecule has 1 atom stereocenters. The average molecular weight is 233 g/mol. The van der Waals surface area contributed by atoms with Crippen LogP contribution in [-0.2, 0) is 0 Å². The smallest absolute Gasteiger partial charge is 0.126 e. The van der Waals surface area contributed by atoms with Crippen molar-refractivity contribution in [3.8, 4) is 0 Å². The van der Waals surface area contributed by atoms with Crippen LogP contribution in [-0.4, -0.2) is 0 Å². The molecule has 0 saturated heterocycles. The van der Waals surface area contributed by atoms with Crippen LogP contribution in [0.4, 0.5) is 14.5 Å². The molecule has 0 fully saturated rings. The van der Waals surface area contributed by atoms with Gasteiger partial charge in [0.1, 0.15) is 11.6 Å². The van der Waals surface area contributed by atoms with Gasteiger partial charge in [-0.05, 0) is 36.8 Å². The highest BCUT2D eigenvalue weighted by Gasteiger charge is 2.08. The zero-order valence-corrected chi connectivity index (χ0v) is 9.45. The van der Waals surface area contributed by atoms with Crippen molar-refractivity contribution < 1.29 is 8.78 Å². The first kappa shape index (κ1) is 11.6. The molecule has 0 saturated carbocycles. The molecule has 3 heteroatoms. The summed E-state index contributed by atoms with van der Waals surface area (Å²) >= 11 is 0. The Kier molecular flexibility index (Phi) is 3.38. The summed E-state index contributed by atoms with van der Waals surface area (Å²) in [7, 11) is 0. The van der Waals surface area contributed by atoms with Gasteiger partial charge in [-0.3, -0.25) is 0 Å². The SMILES string of the molecule is CC(Nc1ccccc1)c1cc(F)cc(F)c1. The maximum absolute atomic E-state index is 13.1. The van der Waals surface area contributed by atoms with Crippen LogP contribution in [0.2, 0.25) is 0 Å². The quantitative estimate of drug-likeness (QED) is 0.840. The summed E-state index contributed by atoms with van der Waals surface area (Å²) in [6.45, 7) is 1.86. The molecule has 0 aliphatic carbocycles. The van der Waals surface area contributed by atoms with E-state index in [1.165, 1.54) is 12.1 Å². The summed E-state index contributed by atoms with van der Waals surface area (Å²) in [6, 6.07) is 12.9. The van der Waals surface area contributed by atoms with Crippen LogP contribution in [0.3, 0.4) is 0 Å². The first-order valence-electron chi connectivity index (χ1n) is 5.43. The number of anilines is 1. The Bertz CT molecular complexity index is 477. The molecule has 2 aromatic carbocycles. The highest BCUT2D eigenvalue weighted by Crippen LogP contribution is 2.20. The van der Waals surface area contributed by atoms with E-state index in [4.69, 9.17) is 0 Å². The van der Waals surface area contributed by atoms with Gasteiger partial charge in [0.25, 0.3) is 0 Å². The van der Waals surface area contributed by atoms with E-state index in [0.29, 0.717) is 5.56 Å². The van der Waals surface area contributed by atoms with Gasteiger partial charge >= 0.3 is 0 Å². The average Bonchev–Trinajstić information content (AvgIpc) is 2.29. The van der Waals surface area contributed by atoms with E-state index in [-0.39, 0.29) is 6.04 Å². The molecule has 0 heterocycles. The maximum atomic E-state index is 13.1. The standard InChI is InChI=1S/C14H13F2N/c1-10(17-14-5-3-2-4-6-14)11-7-12(15)9-13(16)8-11/h2-10,17H,1H3. The molecule has 2 aromatic rings. The monoisotopic (exact) mass is 233 g/mol. The van der Waals surface area contributed by atoms with E-state index in [0.717, 1.165) is 11.8 Å². The number of hydrogen-bond donors (Lipinski definition) is 1. The van der Waals surface area contributed by atoms with Crippen LogP contribution in [0.1, 0.15) is 18.5 Å². The molecule has 0 aliphatic heterocycles. The van der Waals surface area contributed by atoms with Crippen LogP contribution < -0.4 is 5.32 Å². The fourth-order valence-electron chi connectivity index (χ4n) is 1.69. The molecule has 1 unspecified atom stereocenters. The molecular weight excluding hydrogens is 220 g/mol. The molecule has 0 amide bonds. The topological polar surface area (TPSA) is 12.0 Å². The Morgan fingerprint density at radius 3 is 2.12 bits per heavy atom. The van der Waals surface area contributed by atoms with E-state index in [9.17, 15) is 8.78 Å². The molecule has 1 nitrogen and oxygen atoms in total. The van der Waals surface area contributed by atoms with Crippen molar-refractivity contribution in [2.24, 2.45) is 0 Å². The summed E-state index contributed by atoms with van der Waals surface area (Å²) < 4.78 is 26.1. The second kappa shape index (κ2) is 4.95. The van der Waals surface area contributed by atoms with Crippen LogP contribution in [0.25, 0.3) is 0 Å². The Hall–Kier alpha value is -1.90. The number of nitrogens with one attached hydrogen (secondary N) is 1. The van der Waals surface area contributed by atoms with E-state index >= 15 is 0 Å². The van der Waals surface area contributed by atoms with E-state index in [1.807, 2.05) is 37.3 Å². The lowest BCUT2D eigenvalue weighted by molar-refractivity contribution is 0.577. The number of halogens is 2. The largest absolute Gasteiger partial charge is 0.379 e. The molecular formula is C14H13F2N. The minimum atomic E-state index is -0.554. The first-order chi connectivity index (χ1) is 8.15. The van der Waals surface area contributed by atoms with Gasteiger partial charge in [0, 0.05) is 17.8 Å². The van der Waals surface area contributed by atoms with Gasteiger partial charge in [-0.25, -0.2) is 8.78 Å². The van der Waals surface area contributed by atoms with Crippen molar-refractivity contribution in [3.05, 3.63) is 65.7 Å². The predicted octanol–water partition coefficient (Wildman–Crippen LogP) is 4.14. The maximum Gasteiger partial charge on any atom is 0.126 e. The lowest BCUT2D eigenvalue weighted by Gasteiger charge is -2.15. The summed E-state index contributed by atoms with van der Waals surface area (Å²) in [5, 5.41) is 3.18. The highest BCUT2D eigenvalue weighted by atomic mass is 19.1. The third kappa shape index (κ3) is 3.03. The van der Waals surface area contributed by atoms with Gasteiger partial charge in [0.2, 0.25) is 0 Å². The minimum absolute atomic E-state index is 0.150. The summed E-state index contributed by atoms with van der Waals surface area (Å²) in [5.74, 6) is -1.11. The van der Waals surface area contributed by atoms with Crippen LogP contribution in [0.5, 0.6) is 0 Å². The summed E-state index contributed by atoms with van der Waals surface area (Å²) in [6.07, 6.45) is 0. The van der Waals surface area contributed by atoms with Gasteiger partial charge in [-0.15, -0.1) is 0 Å². The van der Waals surface area contributed by atoms with Crippen LogP contribution in [0.15, 0.2) is 48.5 Å². The molecule has 2 rings (SSSR count). The zero-order valence-electron chi connectivity index (χ0n) is 9.45. The van der Waals surface area contributed by atoms with Gasteiger partial charge in [-0.1, -0.05) is 18.2 Å². The second-order valence-electron chi connectivity index (χ2n) is 3.93. The van der Waals surface area contributed by atoms with Crippen molar-refractivity contribution in [1.82, 2.24) is 0 Å². The van der Waals surface area contributed by atoms with E-state index in [2.05, 4.69) is 5.32 Å². The number of hydrogen-bond acceptors (Lipinski definition) is 1. The number of benzene rings is 2. The van der Waals surface area contributed by atoms with Crippen LogP contribution in [0, 0.1) is 11.6 Å². The Labute approximate surface area is 99.1 Å². The third-order valence-corrected chi connectivity index (χ3v) is 2.54. The van der Waals surface area contributed by atoms with Crippen molar-refractivity contribution >= 4 is 5.69 Å². The fourth-order valence-corrected chi connectivity index (χ4v) is 1.69. The van der Waals surface area contributed by atoms with E-state index in [1.54, 1.807) is 0 Å². The minimum Gasteiger partial charge on any atom is -0.379 e. The number of rotatable bonds is 3. The predicted molar refractivity (Wildman–Crippen MR) is 64.8 cm³/mol. The Balaban J connectivity index is 2.17. The number of para-hydroxylation sites is 1. The lowest BCUT2D eigenvalue weighted by atomic mass is 10.1. The first-order valence-corrected chi connectivity index (χ1v) is 5.43. The molecule has 0 bridgehead atoms. The van der Waals surface area contributed by atoms with Crippen molar-refractivity contribution in [1.29, 1.82) is 0 Å². The van der Waals surface area contributed by atoms with Crippen molar-refractivity contribution in [2.45, 2.75) is 13.0 Å². The van der Waals surface area contributed by atoms with Gasteiger partial charge < -0.3 is 5.32 Å². The summed E-state index contributed by atoms with van der Waals surface area (Å²) in [5.41, 5.74) is 1.51.